The molecule has 1 saturated carbocycles. The first-order chi connectivity index (χ1) is 8.23. The Balaban J connectivity index is 0.00000120. The van der Waals surface area contributed by atoms with Crippen LogP contribution in [0.1, 0.15) is 31.2 Å². The summed E-state index contributed by atoms with van der Waals surface area (Å²) in [6.07, 6.45) is 5.37. The minimum atomic E-state index is 0. The van der Waals surface area contributed by atoms with Gasteiger partial charge in [0.15, 0.2) is 0 Å². The van der Waals surface area contributed by atoms with Gasteiger partial charge in [-0.1, -0.05) is 12.1 Å². The van der Waals surface area contributed by atoms with E-state index < -0.39 is 0 Å². The molecule has 1 aliphatic carbocycles. The molecule has 2 nitrogen and oxygen atoms in total. The summed E-state index contributed by atoms with van der Waals surface area (Å²) in [5, 5.41) is 0. The number of halogens is 1. The zero-order valence-corrected chi connectivity index (χ0v) is 12.9. The van der Waals surface area contributed by atoms with Gasteiger partial charge >= 0.3 is 0 Å². The number of piperidine rings is 1. The minimum Gasteiger partial charge on any atom is -0.497 e. The first-order valence-electron chi connectivity index (χ1n) is 6.58. The van der Waals surface area contributed by atoms with Crippen LogP contribution in [-0.4, -0.2) is 31.6 Å². The fraction of sp³-hybridized carbons (Fsp3) is 0.600. The van der Waals surface area contributed by atoms with Crippen LogP contribution in [0.4, 0.5) is 0 Å². The van der Waals surface area contributed by atoms with E-state index in [4.69, 9.17) is 4.74 Å². The Kier molecular flexibility index (Phi) is 4.02. The fourth-order valence-corrected chi connectivity index (χ4v) is 3.63. The topological polar surface area (TPSA) is 12.5 Å². The second-order valence-corrected chi connectivity index (χ2v) is 5.64. The standard InChI is InChI=1S/C15H21NO.BrH/c1-16-10-9-15(8-7-13(16)11-15)12-3-5-14(17-2)6-4-12;/h3-6,13H,7-11H2,1-2H3;1H. The molecule has 1 heterocycles. The van der Waals surface area contributed by atoms with Crippen molar-refractivity contribution in [3.63, 3.8) is 0 Å². The van der Waals surface area contributed by atoms with E-state index in [1.165, 1.54) is 37.8 Å². The summed E-state index contributed by atoms with van der Waals surface area (Å²) < 4.78 is 5.24. The number of fused-ring (bicyclic) bond motifs is 2. The average Bonchev–Trinajstić information content (AvgIpc) is 2.76. The Bertz CT molecular complexity index is 405. The summed E-state index contributed by atoms with van der Waals surface area (Å²) in [5.41, 5.74) is 1.98. The van der Waals surface area contributed by atoms with Crippen LogP contribution in [0.25, 0.3) is 0 Å². The lowest BCUT2D eigenvalue weighted by Gasteiger charge is -2.38. The van der Waals surface area contributed by atoms with Gasteiger partial charge in [-0.05, 0) is 62.4 Å². The van der Waals surface area contributed by atoms with E-state index in [2.05, 4.69) is 36.2 Å². The SMILES string of the molecule is Br.COc1ccc(C23CCC(C2)N(C)CC3)cc1. The van der Waals surface area contributed by atoms with E-state index in [1.807, 2.05) is 0 Å². The van der Waals surface area contributed by atoms with Gasteiger partial charge in [-0.15, -0.1) is 17.0 Å². The third kappa shape index (κ3) is 2.19. The number of ether oxygens (including phenoxy) is 1. The summed E-state index contributed by atoms with van der Waals surface area (Å²) in [4.78, 5) is 2.54. The van der Waals surface area contributed by atoms with Gasteiger partial charge in [0.05, 0.1) is 7.11 Å². The lowest BCUT2D eigenvalue weighted by molar-refractivity contribution is 0.174. The summed E-state index contributed by atoms with van der Waals surface area (Å²) in [6, 6.07) is 9.57. The lowest BCUT2D eigenvalue weighted by atomic mass is 9.74. The highest BCUT2D eigenvalue weighted by molar-refractivity contribution is 8.93. The Morgan fingerprint density at radius 3 is 2.61 bits per heavy atom. The molecular formula is C15H22BrNO. The van der Waals surface area contributed by atoms with Crippen molar-refractivity contribution in [2.24, 2.45) is 0 Å². The highest BCUT2D eigenvalue weighted by Crippen LogP contribution is 2.48. The van der Waals surface area contributed by atoms with Crippen LogP contribution < -0.4 is 4.74 Å². The van der Waals surface area contributed by atoms with E-state index in [0.29, 0.717) is 5.41 Å². The number of benzene rings is 1. The third-order valence-corrected chi connectivity index (χ3v) is 4.85. The number of rotatable bonds is 2. The fourth-order valence-electron chi connectivity index (χ4n) is 3.63. The van der Waals surface area contributed by atoms with Crippen LogP contribution >= 0.6 is 17.0 Å². The zero-order valence-electron chi connectivity index (χ0n) is 11.2. The number of methoxy groups -OCH3 is 1. The van der Waals surface area contributed by atoms with Gasteiger partial charge < -0.3 is 9.64 Å². The van der Waals surface area contributed by atoms with Gasteiger partial charge in [0.1, 0.15) is 5.75 Å². The van der Waals surface area contributed by atoms with Gasteiger partial charge in [0.2, 0.25) is 0 Å². The zero-order chi connectivity index (χ0) is 11.9. The molecule has 1 aromatic rings. The van der Waals surface area contributed by atoms with Crippen LogP contribution in [0.3, 0.4) is 0 Å². The van der Waals surface area contributed by atoms with E-state index in [-0.39, 0.29) is 17.0 Å². The third-order valence-electron chi connectivity index (χ3n) is 4.85. The number of hydrogen-bond donors (Lipinski definition) is 0. The molecule has 2 bridgehead atoms. The van der Waals surface area contributed by atoms with Crippen LogP contribution in [0.15, 0.2) is 24.3 Å². The molecule has 100 valence electrons. The van der Waals surface area contributed by atoms with E-state index in [1.54, 1.807) is 7.11 Å². The van der Waals surface area contributed by atoms with Crippen LogP contribution in [0.2, 0.25) is 0 Å². The molecular weight excluding hydrogens is 290 g/mol. The van der Waals surface area contributed by atoms with Crippen molar-refractivity contribution in [2.45, 2.75) is 37.1 Å². The van der Waals surface area contributed by atoms with Crippen LogP contribution in [-0.2, 0) is 5.41 Å². The largest absolute Gasteiger partial charge is 0.497 e. The summed E-state index contributed by atoms with van der Waals surface area (Å²) in [6.45, 7) is 1.25. The summed E-state index contributed by atoms with van der Waals surface area (Å²) >= 11 is 0. The highest BCUT2D eigenvalue weighted by atomic mass is 79.9. The second-order valence-electron chi connectivity index (χ2n) is 5.64. The molecule has 18 heavy (non-hydrogen) atoms. The number of hydrogen-bond acceptors (Lipinski definition) is 2. The van der Waals surface area contributed by atoms with Crippen molar-refractivity contribution in [3.8, 4) is 5.75 Å². The van der Waals surface area contributed by atoms with Crippen LogP contribution in [0.5, 0.6) is 5.75 Å². The number of nitrogens with zero attached hydrogens (tertiary/aromatic N) is 1. The van der Waals surface area contributed by atoms with E-state index >= 15 is 0 Å². The molecule has 2 unspecified atom stereocenters. The Labute approximate surface area is 120 Å². The summed E-state index contributed by atoms with van der Waals surface area (Å²) in [5.74, 6) is 0.965. The van der Waals surface area contributed by atoms with Crippen molar-refractivity contribution in [1.82, 2.24) is 4.90 Å². The minimum absolute atomic E-state index is 0. The number of likely N-dealkylation sites (tertiary alicyclic amines) is 1. The van der Waals surface area contributed by atoms with Crippen molar-refractivity contribution in [3.05, 3.63) is 29.8 Å². The molecule has 0 aromatic heterocycles. The van der Waals surface area contributed by atoms with Crippen molar-refractivity contribution in [1.29, 1.82) is 0 Å². The van der Waals surface area contributed by atoms with E-state index in [9.17, 15) is 0 Å². The van der Waals surface area contributed by atoms with E-state index in [0.717, 1.165) is 11.8 Å². The van der Waals surface area contributed by atoms with Crippen molar-refractivity contribution >= 4 is 17.0 Å². The molecule has 2 atom stereocenters. The maximum atomic E-state index is 5.24. The molecule has 1 saturated heterocycles. The van der Waals surface area contributed by atoms with Gasteiger partial charge in [0, 0.05) is 6.04 Å². The summed E-state index contributed by atoms with van der Waals surface area (Å²) in [7, 11) is 4.00. The molecule has 0 N–H and O–H groups in total. The van der Waals surface area contributed by atoms with Crippen LogP contribution in [0, 0.1) is 0 Å². The molecule has 0 amide bonds. The molecule has 0 radical (unpaired) electrons. The van der Waals surface area contributed by atoms with Crippen molar-refractivity contribution < 1.29 is 4.74 Å². The predicted molar refractivity (Wildman–Crippen MR) is 79.9 cm³/mol. The maximum Gasteiger partial charge on any atom is 0.118 e. The maximum absolute atomic E-state index is 5.24. The average molecular weight is 312 g/mol. The molecule has 2 aliphatic rings. The molecule has 3 rings (SSSR count). The molecule has 3 heteroatoms. The first kappa shape index (κ1) is 13.9. The highest BCUT2D eigenvalue weighted by Gasteiger charge is 2.45. The predicted octanol–water partition coefficient (Wildman–Crippen LogP) is 3.40. The molecule has 1 aromatic carbocycles. The molecule has 1 aliphatic heterocycles. The Morgan fingerprint density at radius 1 is 1.22 bits per heavy atom. The van der Waals surface area contributed by atoms with Gasteiger partial charge in [-0.3, -0.25) is 0 Å². The Morgan fingerprint density at radius 2 is 1.94 bits per heavy atom. The second kappa shape index (κ2) is 5.22. The quantitative estimate of drug-likeness (QED) is 0.830. The van der Waals surface area contributed by atoms with Gasteiger partial charge in [0.25, 0.3) is 0 Å². The van der Waals surface area contributed by atoms with Gasteiger partial charge in [-0.2, -0.15) is 0 Å². The monoisotopic (exact) mass is 311 g/mol. The lowest BCUT2D eigenvalue weighted by Crippen LogP contribution is -2.40. The van der Waals surface area contributed by atoms with Crippen molar-refractivity contribution in [2.75, 3.05) is 20.7 Å². The first-order valence-corrected chi connectivity index (χ1v) is 6.58. The molecule has 2 fully saturated rings. The molecule has 0 spiro atoms. The normalized spacial score (nSPS) is 30.9. The van der Waals surface area contributed by atoms with Gasteiger partial charge in [-0.25, -0.2) is 0 Å². The smallest absolute Gasteiger partial charge is 0.118 e. The Hall–Kier alpha value is -0.540.